The topological polar surface area (TPSA) is 38.3 Å². The number of hydrogen-bond acceptors (Lipinski definition) is 2. The van der Waals surface area contributed by atoms with E-state index in [0.717, 1.165) is 23.9 Å². The molecule has 1 rings (SSSR count). The standard InChI is InChI=1S/C28H48BrNO2/c1-4-5-6-7-8-9-10-11-12-13-14-15-16-17-21-30-28(31)26-23-25(29)18-19-27(26)32-22-20-24(2)3/h18-19,23-24H,4-17,20-22H2,1-3H3,(H,30,31). The highest BCUT2D eigenvalue weighted by molar-refractivity contribution is 9.10. The first-order valence-electron chi connectivity index (χ1n) is 13.2. The first kappa shape index (κ1) is 29.0. The van der Waals surface area contributed by atoms with Crippen LogP contribution < -0.4 is 10.1 Å². The molecule has 1 aromatic carbocycles. The largest absolute Gasteiger partial charge is 0.493 e. The Hall–Kier alpha value is -1.03. The van der Waals surface area contributed by atoms with E-state index in [4.69, 9.17) is 4.74 Å². The number of nitrogens with one attached hydrogen (secondary N) is 1. The molecule has 32 heavy (non-hydrogen) atoms. The van der Waals surface area contributed by atoms with Gasteiger partial charge < -0.3 is 10.1 Å². The highest BCUT2D eigenvalue weighted by Gasteiger charge is 2.13. The lowest BCUT2D eigenvalue weighted by molar-refractivity contribution is 0.0948. The van der Waals surface area contributed by atoms with Crippen LogP contribution in [0.5, 0.6) is 5.75 Å². The fourth-order valence-electron chi connectivity index (χ4n) is 3.83. The molecule has 0 bridgehead atoms. The zero-order chi connectivity index (χ0) is 23.4. The molecule has 0 saturated carbocycles. The van der Waals surface area contributed by atoms with Crippen molar-refractivity contribution in [3.05, 3.63) is 28.2 Å². The molecule has 0 aliphatic heterocycles. The lowest BCUT2D eigenvalue weighted by Gasteiger charge is -2.13. The lowest BCUT2D eigenvalue weighted by atomic mass is 10.0. The number of hydrogen-bond donors (Lipinski definition) is 1. The van der Waals surface area contributed by atoms with E-state index in [1.807, 2.05) is 18.2 Å². The van der Waals surface area contributed by atoms with Crippen molar-refractivity contribution in [2.75, 3.05) is 13.2 Å². The molecule has 184 valence electrons. The maximum Gasteiger partial charge on any atom is 0.255 e. The van der Waals surface area contributed by atoms with Crippen molar-refractivity contribution in [3.8, 4) is 5.75 Å². The summed E-state index contributed by atoms with van der Waals surface area (Å²) in [5, 5.41) is 3.07. The van der Waals surface area contributed by atoms with E-state index in [1.165, 1.54) is 83.5 Å². The quantitative estimate of drug-likeness (QED) is 0.178. The fraction of sp³-hybridized carbons (Fsp3) is 0.750. The van der Waals surface area contributed by atoms with E-state index in [1.54, 1.807) is 0 Å². The summed E-state index contributed by atoms with van der Waals surface area (Å²) >= 11 is 3.47. The van der Waals surface area contributed by atoms with Gasteiger partial charge in [-0.25, -0.2) is 0 Å². The second-order valence-electron chi connectivity index (χ2n) is 9.52. The molecule has 0 unspecified atom stereocenters. The zero-order valence-corrected chi connectivity index (χ0v) is 22.6. The van der Waals surface area contributed by atoms with Crippen molar-refractivity contribution >= 4 is 21.8 Å². The molecule has 1 N–H and O–H groups in total. The first-order valence-corrected chi connectivity index (χ1v) is 14.0. The summed E-state index contributed by atoms with van der Waals surface area (Å²) in [6.45, 7) is 8.00. The summed E-state index contributed by atoms with van der Waals surface area (Å²) in [6.07, 6.45) is 19.8. The molecule has 0 fully saturated rings. The number of amides is 1. The van der Waals surface area contributed by atoms with Crippen molar-refractivity contribution in [2.24, 2.45) is 5.92 Å². The van der Waals surface area contributed by atoms with Crippen molar-refractivity contribution < 1.29 is 9.53 Å². The van der Waals surface area contributed by atoms with Gasteiger partial charge in [-0.1, -0.05) is 120 Å². The Morgan fingerprint density at radius 1 is 0.875 bits per heavy atom. The van der Waals surface area contributed by atoms with Crippen LogP contribution in [0.25, 0.3) is 0 Å². The lowest BCUT2D eigenvalue weighted by Crippen LogP contribution is -2.25. The molecular weight excluding hydrogens is 462 g/mol. The number of rotatable bonds is 20. The predicted molar refractivity (Wildman–Crippen MR) is 142 cm³/mol. The second kappa shape index (κ2) is 19.4. The fourth-order valence-corrected chi connectivity index (χ4v) is 4.19. The number of unbranched alkanes of at least 4 members (excludes halogenated alkanes) is 13. The first-order chi connectivity index (χ1) is 15.5. The molecule has 4 heteroatoms. The van der Waals surface area contributed by atoms with Gasteiger partial charge in [-0.2, -0.15) is 0 Å². The van der Waals surface area contributed by atoms with E-state index in [0.29, 0.717) is 23.8 Å². The van der Waals surface area contributed by atoms with E-state index >= 15 is 0 Å². The summed E-state index contributed by atoms with van der Waals surface area (Å²) in [5.74, 6) is 1.22. The summed E-state index contributed by atoms with van der Waals surface area (Å²) in [7, 11) is 0. The van der Waals surface area contributed by atoms with E-state index in [9.17, 15) is 4.79 Å². The highest BCUT2D eigenvalue weighted by Crippen LogP contribution is 2.24. The van der Waals surface area contributed by atoms with Crippen molar-refractivity contribution in [2.45, 2.75) is 117 Å². The van der Waals surface area contributed by atoms with E-state index < -0.39 is 0 Å². The van der Waals surface area contributed by atoms with E-state index in [-0.39, 0.29) is 5.91 Å². The molecule has 0 heterocycles. The van der Waals surface area contributed by atoms with Crippen molar-refractivity contribution in [3.63, 3.8) is 0 Å². The molecule has 0 aliphatic rings. The average molecular weight is 511 g/mol. The molecule has 1 amide bonds. The Labute approximate surface area is 206 Å². The summed E-state index contributed by atoms with van der Waals surface area (Å²) in [6, 6.07) is 5.66. The maximum absolute atomic E-state index is 12.6. The molecule has 0 atom stereocenters. The summed E-state index contributed by atoms with van der Waals surface area (Å²) in [5.41, 5.74) is 0.619. The van der Waals surface area contributed by atoms with Gasteiger partial charge >= 0.3 is 0 Å². The Bertz CT molecular complexity index is 603. The minimum atomic E-state index is -0.0412. The van der Waals surface area contributed by atoms with Gasteiger partial charge in [-0.05, 0) is 37.0 Å². The molecule has 0 aromatic heterocycles. The van der Waals surface area contributed by atoms with Crippen LogP contribution in [0, 0.1) is 5.92 Å². The van der Waals surface area contributed by atoms with Crippen LogP contribution in [-0.2, 0) is 0 Å². The Kier molecular flexibility index (Phi) is 17.6. The summed E-state index contributed by atoms with van der Waals surface area (Å²) in [4.78, 5) is 12.6. The number of ether oxygens (including phenoxy) is 1. The van der Waals surface area contributed by atoms with E-state index in [2.05, 4.69) is 42.0 Å². The van der Waals surface area contributed by atoms with Gasteiger partial charge in [0.05, 0.1) is 12.2 Å². The number of carbonyl (C=O) groups excluding carboxylic acids is 1. The molecule has 0 aliphatic carbocycles. The minimum Gasteiger partial charge on any atom is -0.493 e. The van der Waals surface area contributed by atoms with Crippen LogP contribution in [-0.4, -0.2) is 19.1 Å². The molecular formula is C28H48BrNO2. The number of halogens is 1. The predicted octanol–water partition coefficient (Wildman–Crippen LogP) is 9.09. The second-order valence-corrected chi connectivity index (χ2v) is 10.4. The number of carbonyl (C=O) groups is 1. The Balaban J connectivity index is 2.07. The normalized spacial score (nSPS) is 11.2. The average Bonchev–Trinajstić information content (AvgIpc) is 2.77. The van der Waals surface area contributed by atoms with Crippen molar-refractivity contribution in [1.82, 2.24) is 5.32 Å². The number of benzene rings is 1. The van der Waals surface area contributed by atoms with Gasteiger partial charge in [-0.15, -0.1) is 0 Å². The molecule has 0 saturated heterocycles. The van der Waals surface area contributed by atoms with Crippen LogP contribution >= 0.6 is 15.9 Å². The minimum absolute atomic E-state index is 0.0412. The van der Waals surface area contributed by atoms with Gasteiger partial charge in [0.1, 0.15) is 5.75 Å². The third kappa shape index (κ3) is 14.9. The van der Waals surface area contributed by atoms with Crippen molar-refractivity contribution in [1.29, 1.82) is 0 Å². The van der Waals surface area contributed by atoms with Gasteiger partial charge in [0.2, 0.25) is 0 Å². The Morgan fingerprint density at radius 2 is 1.41 bits per heavy atom. The molecule has 3 nitrogen and oxygen atoms in total. The third-order valence-corrected chi connectivity index (χ3v) is 6.45. The molecule has 1 aromatic rings. The van der Waals surface area contributed by atoms with Crippen LogP contribution in [0.4, 0.5) is 0 Å². The highest BCUT2D eigenvalue weighted by atomic mass is 79.9. The molecule has 0 spiro atoms. The van der Waals surface area contributed by atoms with Gasteiger partial charge in [0.25, 0.3) is 5.91 Å². The zero-order valence-electron chi connectivity index (χ0n) is 21.0. The van der Waals surface area contributed by atoms with Crippen LogP contribution in [0.15, 0.2) is 22.7 Å². The molecule has 0 radical (unpaired) electrons. The summed E-state index contributed by atoms with van der Waals surface area (Å²) < 4.78 is 6.77. The van der Waals surface area contributed by atoms with Gasteiger partial charge in [-0.3, -0.25) is 4.79 Å². The van der Waals surface area contributed by atoms with Crippen LogP contribution in [0.2, 0.25) is 0 Å². The third-order valence-electron chi connectivity index (χ3n) is 5.95. The SMILES string of the molecule is CCCCCCCCCCCCCCCCNC(=O)c1cc(Br)ccc1OCCC(C)C. The monoisotopic (exact) mass is 509 g/mol. The van der Waals surface area contributed by atoms with Gasteiger partial charge in [0.15, 0.2) is 0 Å². The maximum atomic E-state index is 12.6. The Morgan fingerprint density at radius 3 is 1.94 bits per heavy atom. The smallest absolute Gasteiger partial charge is 0.255 e. The van der Waals surface area contributed by atoms with Gasteiger partial charge in [0, 0.05) is 11.0 Å². The van der Waals surface area contributed by atoms with Crippen LogP contribution in [0.1, 0.15) is 127 Å². The van der Waals surface area contributed by atoms with Crippen LogP contribution in [0.3, 0.4) is 0 Å².